The van der Waals surface area contributed by atoms with Crippen molar-refractivity contribution in [3.63, 3.8) is 0 Å². The van der Waals surface area contributed by atoms with Gasteiger partial charge < -0.3 is 26.0 Å². The van der Waals surface area contributed by atoms with Crippen LogP contribution in [0, 0.1) is 36.3 Å². The van der Waals surface area contributed by atoms with Gasteiger partial charge in [-0.25, -0.2) is 40.0 Å². The first kappa shape index (κ1) is 71.7. The molecule has 1 saturated carbocycles. The molecule has 0 saturated heterocycles. The first-order valence-electron chi connectivity index (χ1n) is 27.5. The Morgan fingerprint density at radius 1 is 0.904 bits per heavy atom. The molecule has 2 aliphatic rings. The average molecular weight is 1410 g/mol. The molecule has 0 aliphatic heterocycles. The molecule has 0 radical (unpaired) electrons. The lowest BCUT2D eigenvalue weighted by molar-refractivity contribution is -0.143. The highest BCUT2D eigenvalue weighted by molar-refractivity contribution is 7.93. The zero-order chi connectivity index (χ0) is 70.3. The van der Waals surface area contributed by atoms with Crippen molar-refractivity contribution in [3.8, 4) is 28.7 Å². The fraction of sp³-hybridized carbons (Fsp3) is 0.404. The number of amides is 4. The van der Waals surface area contributed by atoms with E-state index >= 15 is 35.5 Å². The average Bonchev–Trinajstić information content (AvgIpc) is 1.52. The Morgan fingerprint density at radius 2 is 1.53 bits per heavy atom. The van der Waals surface area contributed by atoms with E-state index < -0.39 is 233 Å². The number of carbonyl (C=O) groups is 5. The third-order valence-corrected chi connectivity index (χ3v) is 19.0. The van der Waals surface area contributed by atoms with E-state index in [0.717, 1.165) is 48.7 Å². The monoisotopic (exact) mass is 1410 g/mol. The smallest absolute Gasteiger partial charge is 0.480 e. The fourth-order valence-electron chi connectivity index (χ4n) is 11.2. The number of alkyl halides is 8. The molecule has 37 heteroatoms. The number of sulfone groups is 1. The number of benzene rings is 3. The number of hydrogen-bond donors (Lipinski definition) is 6. The molecule has 3 aromatic heterocycles. The Balaban J connectivity index is 1.34. The van der Waals surface area contributed by atoms with Gasteiger partial charge in [0.1, 0.15) is 52.7 Å². The predicted octanol–water partition coefficient (Wildman–Crippen LogP) is 7.72. The molecule has 506 valence electrons. The van der Waals surface area contributed by atoms with Crippen molar-refractivity contribution >= 4 is 85.6 Å². The maximum atomic E-state index is 15.8. The summed E-state index contributed by atoms with van der Waals surface area (Å²) in [5, 5.41) is 20.1. The first-order valence-corrected chi connectivity index (χ1v) is 33.2. The van der Waals surface area contributed by atoms with Crippen LogP contribution in [0.25, 0.3) is 22.0 Å². The Morgan fingerprint density at radius 3 is 2.10 bits per heavy atom. The minimum atomic E-state index is -5.59. The van der Waals surface area contributed by atoms with E-state index in [4.69, 9.17) is 21.9 Å². The first-order chi connectivity index (χ1) is 43.0. The van der Waals surface area contributed by atoms with Crippen LogP contribution in [0.15, 0.2) is 54.6 Å². The standard InChI is InChI=1S/C57H55ClF10N9O14PS2/c1-26-14-28(19-41(79)72-38(52(82)83)22-40(69)78)46(39(15-26)91-92(84,85)86)53(2,3)23-43(81)77(94(7,89)90)51-45-36(58)11-10-33(48(45)76(74-51)25-55(61,62)63)32-9-8-31(12-13-54(4,5)93(6,87)88)70-47(32)37(18-27-16-29(59)20-30(60)17-27)71-42(80)24-75-50-44(49(73-75)57(66,67)68)34-21-35(34)56(50,64)65/h8-11,14-17,20,34-35,37-38H,18-19,21-25H2,1-7H3,(H2,69,78)(H,71,80)(H,72,79)(H,82,83)(H2,84,85,86)/t34-,35+,37-,38-/m0/s1. The van der Waals surface area contributed by atoms with Crippen LogP contribution in [-0.4, -0.2) is 115 Å². The lowest BCUT2D eigenvalue weighted by Crippen LogP contribution is -2.44. The van der Waals surface area contributed by atoms with E-state index in [1.807, 2.05) is 0 Å². The summed E-state index contributed by atoms with van der Waals surface area (Å²) in [4.78, 5) is 91.2. The number of carbonyl (C=O) groups excluding carboxylic acids is 4. The molecule has 4 amide bonds. The number of pyridine rings is 1. The number of rotatable bonds is 22. The number of nitrogens with two attached hydrogens (primary N) is 1. The minimum Gasteiger partial charge on any atom is -0.480 e. The Kier molecular flexibility index (Phi) is 19.2. The zero-order valence-corrected chi connectivity index (χ0v) is 53.3. The number of halogens is 11. The minimum absolute atomic E-state index is 0.0723. The summed E-state index contributed by atoms with van der Waals surface area (Å²) in [5.74, 6) is -13.0. The number of nitrogens with one attached hydrogen (secondary N) is 2. The quantitative estimate of drug-likeness (QED) is 0.0215. The van der Waals surface area contributed by atoms with Crippen LogP contribution in [0.2, 0.25) is 5.02 Å². The van der Waals surface area contributed by atoms with Crippen LogP contribution in [-0.2, 0) is 91.8 Å². The van der Waals surface area contributed by atoms with E-state index in [1.165, 1.54) is 40.7 Å². The van der Waals surface area contributed by atoms with Crippen molar-refractivity contribution in [2.75, 3.05) is 16.8 Å². The molecule has 0 unspecified atom stereocenters. The molecule has 94 heavy (non-hydrogen) atoms. The van der Waals surface area contributed by atoms with Crippen molar-refractivity contribution in [1.29, 1.82) is 0 Å². The molecule has 7 N–H and O–H groups in total. The van der Waals surface area contributed by atoms with Crippen LogP contribution in [0.3, 0.4) is 0 Å². The number of aliphatic carboxylic acids is 1. The van der Waals surface area contributed by atoms with Gasteiger partial charge in [0.05, 0.1) is 46.8 Å². The molecule has 8 rings (SSSR count). The maximum Gasteiger partial charge on any atom is 0.524 e. The van der Waals surface area contributed by atoms with Gasteiger partial charge in [0.25, 0.3) is 5.92 Å². The Bertz CT molecular complexity index is 4490. The molecule has 2 aliphatic carbocycles. The van der Waals surface area contributed by atoms with Crippen LogP contribution < -0.4 is 25.2 Å². The van der Waals surface area contributed by atoms with E-state index in [1.54, 1.807) is 0 Å². The van der Waals surface area contributed by atoms with Crippen molar-refractivity contribution in [3.05, 3.63) is 122 Å². The molecule has 3 heterocycles. The number of aryl methyl sites for hydroxylation is 1. The van der Waals surface area contributed by atoms with E-state index in [0.29, 0.717) is 12.3 Å². The van der Waals surface area contributed by atoms with Crippen molar-refractivity contribution in [2.45, 2.75) is 126 Å². The third kappa shape index (κ3) is 15.6. The van der Waals surface area contributed by atoms with E-state index in [2.05, 4.69) is 37.7 Å². The molecular weight excluding hydrogens is 1360 g/mol. The lowest BCUT2D eigenvalue weighted by atomic mass is 9.77. The highest BCUT2D eigenvalue weighted by Gasteiger charge is 2.68. The number of nitrogens with zero attached hydrogens (tertiary/aromatic N) is 6. The van der Waals surface area contributed by atoms with Crippen LogP contribution in [0.4, 0.5) is 49.7 Å². The van der Waals surface area contributed by atoms with Gasteiger partial charge in [-0.05, 0) is 98.5 Å². The van der Waals surface area contributed by atoms with Gasteiger partial charge in [-0.2, -0.15) is 49.6 Å². The summed E-state index contributed by atoms with van der Waals surface area (Å²) >= 11 is 6.82. The fourth-order valence-corrected chi connectivity index (χ4v) is 12.9. The highest BCUT2D eigenvalue weighted by atomic mass is 35.5. The van der Waals surface area contributed by atoms with Gasteiger partial charge in [0.15, 0.2) is 21.3 Å². The van der Waals surface area contributed by atoms with Gasteiger partial charge in [-0.1, -0.05) is 43.5 Å². The SMILES string of the molecule is Cc1cc(CC(=O)N[C@@H](CC(N)=O)C(=O)O)c(C(C)(C)CC(=O)N(c2nn(CC(F)(F)F)c3c(-c4ccc(C#CC(C)(C)S(C)(=O)=O)nc4[C@H](Cc4cc(F)cc(F)c4)NC(=O)Cn4nc(C(F)(F)F)c5c4C(F)(F)[C@@H]4C[C@H]54)ccc(Cl)c23)S(C)(=O)=O)c(OP(=O)(O)O)c1. The molecule has 0 spiro atoms. The van der Waals surface area contributed by atoms with E-state index in [9.17, 15) is 68.6 Å². The summed E-state index contributed by atoms with van der Waals surface area (Å²) < 4.78 is 220. The molecule has 1 fully saturated rings. The normalized spacial score (nSPS) is 16.3. The molecule has 6 aromatic rings. The number of phosphoric ester groups is 1. The summed E-state index contributed by atoms with van der Waals surface area (Å²) in [5.41, 5.74) is -4.19. The van der Waals surface area contributed by atoms with Crippen molar-refractivity contribution in [2.24, 2.45) is 11.7 Å². The number of carboxylic acid groups (broad SMARTS) is 1. The topological polar surface area (TPSA) is 342 Å². The number of phosphoric acid groups is 1. The Labute approximate surface area is 532 Å². The zero-order valence-electron chi connectivity index (χ0n) is 50.0. The second-order valence-electron chi connectivity index (χ2n) is 23.7. The number of anilines is 1. The third-order valence-electron chi connectivity index (χ3n) is 15.3. The molecule has 4 atom stereocenters. The summed E-state index contributed by atoms with van der Waals surface area (Å²) in [6, 6.07) is 4.51. The number of aromatic nitrogens is 5. The van der Waals surface area contributed by atoms with Gasteiger partial charge in [0.2, 0.25) is 33.7 Å². The van der Waals surface area contributed by atoms with Gasteiger partial charge in [0, 0.05) is 52.3 Å². The summed E-state index contributed by atoms with van der Waals surface area (Å²) in [6.07, 6.45) is -13.5. The van der Waals surface area contributed by atoms with Crippen LogP contribution in [0.5, 0.6) is 5.75 Å². The largest absolute Gasteiger partial charge is 0.524 e. The molecular formula is C57H55ClF10N9O14PS2. The van der Waals surface area contributed by atoms with Crippen molar-refractivity contribution < 1.29 is 109 Å². The lowest BCUT2D eigenvalue weighted by Gasteiger charge is -2.31. The second kappa shape index (κ2) is 25.2. The number of sulfonamides is 1. The number of primary amides is 1. The van der Waals surface area contributed by atoms with Gasteiger partial charge in [-0.15, -0.1) is 0 Å². The summed E-state index contributed by atoms with van der Waals surface area (Å²) in [6.45, 7) is 2.56. The highest BCUT2D eigenvalue weighted by Crippen LogP contribution is 2.68. The molecule has 3 aromatic carbocycles. The van der Waals surface area contributed by atoms with Crippen LogP contribution >= 0.6 is 19.4 Å². The second-order valence-corrected chi connectivity index (χ2v) is 29.7. The molecule has 0 bridgehead atoms. The number of fused-ring (bicyclic) bond motifs is 4. The van der Waals surface area contributed by atoms with Gasteiger partial charge in [-0.3, -0.25) is 38.3 Å². The Hall–Kier alpha value is -8.16. The number of carboxylic acids is 1. The summed E-state index contributed by atoms with van der Waals surface area (Å²) in [7, 11) is -14.8. The number of hydrogen-bond acceptors (Lipinski definition) is 14. The van der Waals surface area contributed by atoms with Crippen molar-refractivity contribution in [1.82, 2.24) is 35.2 Å². The molecule has 23 nitrogen and oxygen atoms in total. The van der Waals surface area contributed by atoms with E-state index in [-0.39, 0.29) is 36.8 Å². The maximum absolute atomic E-state index is 15.8. The predicted molar refractivity (Wildman–Crippen MR) is 314 cm³/mol. The van der Waals surface area contributed by atoms with Crippen LogP contribution in [0.1, 0.15) is 110 Å². The van der Waals surface area contributed by atoms with Gasteiger partial charge >= 0.3 is 26.1 Å².